The summed E-state index contributed by atoms with van der Waals surface area (Å²) in [5.74, 6) is -1.24. The largest absolute Gasteiger partial charge is 0.443 e. The molecule has 0 saturated carbocycles. The minimum Gasteiger partial charge on any atom is -0.443 e. The second-order valence-electron chi connectivity index (χ2n) is 16.8. The standard InChI is InChI=1S/C26H27FN4O2.C25H28N4O3/c1-26(2,3)31-22-13-11-20(27)16-23(22)30-25(33)19-9-7-18(8-10-19)17-29-24(32)14-12-21-6-4-5-15-28-21;1-25(2,3)29-22-10-5-4-9-21(22)28-23(30)19-13-11-18(12-14-19)16-27-24(31)32-17-20-8-6-7-15-26-20/h4-16,31H,17H2,1-3H3,(H,29,32)(H,30,33);4-15,29H,16-17H2,1-3H3,(H,27,31)(H,28,30)/b14-12+;. The van der Waals surface area contributed by atoms with E-state index in [9.17, 15) is 23.6 Å². The van der Waals surface area contributed by atoms with Crippen LogP contribution in [-0.2, 0) is 29.2 Å². The number of alkyl carbamates (subject to hydrolysis) is 1. The third kappa shape index (κ3) is 17.1. The Hall–Kier alpha value is -7.87. The van der Waals surface area contributed by atoms with Crippen molar-refractivity contribution in [3.8, 4) is 0 Å². The van der Waals surface area contributed by atoms with Gasteiger partial charge in [0.1, 0.15) is 12.4 Å². The predicted molar refractivity (Wildman–Crippen MR) is 255 cm³/mol. The summed E-state index contributed by atoms with van der Waals surface area (Å²) in [5.41, 5.74) is 6.21. The first kappa shape index (κ1) is 48.2. The van der Waals surface area contributed by atoms with Crippen LogP contribution in [-0.4, -0.2) is 44.9 Å². The van der Waals surface area contributed by atoms with E-state index in [0.29, 0.717) is 52.7 Å². The fourth-order valence-electron chi connectivity index (χ4n) is 5.91. The van der Waals surface area contributed by atoms with Crippen molar-refractivity contribution in [1.29, 1.82) is 0 Å². The number of amides is 4. The Labute approximate surface area is 379 Å². The molecule has 0 bridgehead atoms. The van der Waals surface area contributed by atoms with Crippen LogP contribution >= 0.6 is 0 Å². The Kier molecular flexibility index (Phi) is 17.0. The fourth-order valence-corrected chi connectivity index (χ4v) is 5.91. The summed E-state index contributed by atoms with van der Waals surface area (Å²) in [6, 6.07) is 36.6. The second kappa shape index (κ2) is 23.0. The molecule has 0 aliphatic rings. The first-order valence-electron chi connectivity index (χ1n) is 20.9. The van der Waals surface area contributed by atoms with Crippen LogP contribution in [0.5, 0.6) is 0 Å². The summed E-state index contributed by atoms with van der Waals surface area (Å²) in [6.45, 7) is 12.8. The number of anilines is 4. The Morgan fingerprint density at radius 1 is 0.585 bits per heavy atom. The van der Waals surface area contributed by atoms with Crippen LogP contribution in [0.3, 0.4) is 0 Å². The third-order valence-electron chi connectivity index (χ3n) is 8.93. The highest BCUT2D eigenvalue weighted by Crippen LogP contribution is 2.27. The number of nitrogens with one attached hydrogen (secondary N) is 6. The SMILES string of the molecule is CC(C)(C)Nc1ccc(F)cc1NC(=O)c1ccc(CNC(=O)/C=C/c2ccccn2)cc1.CC(C)(C)Nc1ccccc1NC(=O)c1ccc(CNC(=O)OCc2ccccn2)cc1. The lowest BCUT2D eigenvalue weighted by Gasteiger charge is -2.24. The van der Waals surface area contributed by atoms with E-state index in [1.807, 2.05) is 57.2 Å². The molecule has 4 amide bonds. The lowest BCUT2D eigenvalue weighted by Crippen LogP contribution is -2.27. The minimum absolute atomic E-state index is 0.108. The molecule has 0 atom stereocenters. The number of carbonyl (C=O) groups is 4. The van der Waals surface area contributed by atoms with Crippen molar-refractivity contribution in [2.24, 2.45) is 0 Å². The highest BCUT2D eigenvalue weighted by atomic mass is 19.1. The molecule has 4 aromatic carbocycles. The molecule has 0 fully saturated rings. The zero-order valence-electron chi connectivity index (χ0n) is 37.4. The molecule has 65 heavy (non-hydrogen) atoms. The number of rotatable bonds is 14. The van der Waals surface area contributed by atoms with E-state index in [1.54, 1.807) is 97.3 Å². The molecule has 336 valence electrons. The van der Waals surface area contributed by atoms with E-state index >= 15 is 0 Å². The van der Waals surface area contributed by atoms with Gasteiger partial charge in [-0.15, -0.1) is 0 Å². The van der Waals surface area contributed by atoms with E-state index in [4.69, 9.17) is 4.74 Å². The van der Waals surface area contributed by atoms with E-state index in [-0.39, 0.29) is 35.4 Å². The summed E-state index contributed by atoms with van der Waals surface area (Å²) >= 11 is 0. The Morgan fingerprint density at radius 2 is 1.11 bits per heavy atom. The quantitative estimate of drug-likeness (QED) is 0.0582. The number of pyridine rings is 2. The number of benzene rings is 4. The fraction of sp³-hybridized carbons (Fsp3) is 0.216. The number of ether oxygens (including phenoxy) is 1. The lowest BCUT2D eigenvalue weighted by atomic mass is 10.1. The molecule has 0 radical (unpaired) electrons. The molecule has 0 aliphatic carbocycles. The molecule has 6 aromatic rings. The summed E-state index contributed by atoms with van der Waals surface area (Å²) < 4.78 is 18.9. The molecule has 6 N–H and O–H groups in total. The summed E-state index contributed by atoms with van der Waals surface area (Å²) in [5, 5.41) is 17.9. The minimum atomic E-state index is -0.527. The Morgan fingerprint density at radius 3 is 1.66 bits per heavy atom. The first-order valence-corrected chi connectivity index (χ1v) is 20.9. The second-order valence-corrected chi connectivity index (χ2v) is 16.8. The zero-order chi connectivity index (χ0) is 46.8. The molecule has 2 heterocycles. The average molecular weight is 879 g/mol. The van der Waals surface area contributed by atoms with E-state index in [1.165, 1.54) is 18.2 Å². The number of aromatic nitrogens is 2. The van der Waals surface area contributed by atoms with Gasteiger partial charge in [-0.1, -0.05) is 48.5 Å². The van der Waals surface area contributed by atoms with Crippen molar-refractivity contribution in [2.45, 2.75) is 72.3 Å². The van der Waals surface area contributed by atoms with Crippen LogP contribution in [0.2, 0.25) is 0 Å². The number of carbonyl (C=O) groups excluding carboxylic acids is 4. The summed E-state index contributed by atoms with van der Waals surface area (Å²) in [6.07, 6.45) is 5.84. The molecule has 13 nitrogen and oxygen atoms in total. The van der Waals surface area contributed by atoms with Crippen LogP contribution in [0.1, 0.15) is 84.8 Å². The van der Waals surface area contributed by atoms with E-state index in [0.717, 1.165) is 16.8 Å². The van der Waals surface area contributed by atoms with Gasteiger partial charge < -0.3 is 36.6 Å². The summed E-state index contributed by atoms with van der Waals surface area (Å²) in [7, 11) is 0. The monoisotopic (exact) mass is 878 g/mol. The van der Waals surface area contributed by atoms with Gasteiger partial charge in [-0.25, -0.2) is 9.18 Å². The van der Waals surface area contributed by atoms with Gasteiger partial charge in [0.15, 0.2) is 0 Å². The van der Waals surface area contributed by atoms with Gasteiger partial charge in [-0.2, -0.15) is 0 Å². The maximum absolute atomic E-state index is 13.8. The summed E-state index contributed by atoms with van der Waals surface area (Å²) in [4.78, 5) is 57.5. The molecular weight excluding hydrogens is 824 g/mol. The average Bonchev–Trinajstić information content (AvgIpc) is 3.28. The van der Waals surface area contributed by atoms with Crippen molar-refractivity contribution >= 4 is 52.6 Å². The van der Waals surface area contributed by atoms with Crippen molar-refractivity contribution in [2.75, 3.05) is 21.3 Å². The first-order chi connectivity index (χ1) is 31.0. The molecular formula is C51H55FN8O5. The Balaban J connectivity index is 0.000000244. The zero-order valence-corrected chi connectivity index (χ0v) is 37.4. The maximum atomic E-state index is 13.8. The maximum Gasteiger partial charge on any atom is 0.407 e. The van der Waals surface area contributed by atoms with Gasteiger partial charge in [-0.05, 0) is 138 Å². The lowest BCUT2D eigenvalue weighted by molar-refractivity contribution is -0.116. The number of hydrogen-bond donors (Lipinski definition) is 6. The highest BCUT2D eigenvalue weighted by molar-refractivity contribution is 6.06. The topological polar surface area (TPSA) is 175 Å². The van der Waals surface area contributed by atoms with Crippen LogP contribution < -0.4 is 31.9 Å². The molecule has 0 unspecified atom stereocenters. The third-order valence-corrected chi connectivity index (χ3v) is 8.93. The van der Waals surface area contributed by atoms with Crippen LogP contribution in [0.25, 0.3) is 6.08 Å². The normalized spacial score (nSPS) is 11.1. The van der Waals surface area contributed by atoms with Gasteiger partial charge in [0, 0.05) is 53.8 Å². The van der Waals surface area contributed by atoms with Crippen LogP contribution in [0.15, 0.2) is 146 Å². The molecule has 6 rings (SSSR count). The molecule has 0 saturated heterocycles. The van der Waals surface area contributed by atoms with Gasteiger partial charge in [0.05, 0.1) is 34.1 Å². The van der Waals surface area contributed by atoms with Crippen molar-refractivity contribution in [3.05, 3.63) is 185 Å². The van der Waals surface area contributed by atoms with Crippen LogP contribution in [0.4, 0.5) is 31.9 Å². The van der Waals surface area contributed by atoms with E-state index < -0.39 is 11.9 Å². The van der Waals surface area contributed by atoms with Gasteiger partial charge in [-0.3, -0.25) is 24.4 Å². The number of hydrogen-bond acceptors (Lipinski definition) is 9. The van der Waals surface area contributed by atoms with Crippen molar-refractivity contribution in [3.63, 3.8) is 0 Å². The predicted octanol–water partition coefficient (Wildman–Crippen LogP) is 9.98. The highest BCUT2D eigenvalue weighted by Gasteiger charge is 2.17. The van der Waals surface area contributed by atoms with Crippen molar-refractivity contribution in [1.82, 2.24) is 20.6 Å². The van der Waals surface area contributed by atoms with Crippen LogP contribution in [0, 0.1) is 5.82 Å². The molecule has 0 aliphatic heterocycles. The van der Waals surface area contributed by atoms with Gasteiger partial charge in [0.2, 0.25) is 5.91 Å². The molecule has 14 heteroatoms. The number of halogens is 1. The van der Waals surface area contributed by atoms with Gasteiger partial charge >= 0.3 is 6.09 Å². The Bertz CT molecular complexity index is 2540. The van der Waals surface area contributed by atoms with E-state index in [2.05, 4.69) is 62.6 Å². The molecule has 2 aromatic heterocycles. The van der Waals surface area contributed by atoms with Gasteiger partial charge in [0.25, 0.3) is 11.8 Å². The molecule has 0 spiro atoms. The smallest absolute Gasteiger partial charge is 0.407 e. The van der Waals surface area contributed by atoms with Crippen molar-refractivity contribution < 1.29 is 28.3 Å². The number of nitrogens with zero attached hydrogens (tertiary/aromatic N) is 2. The number of para-hydroxylation sites is 2.